The molecule has 0 bridgehead atoms. The van der Waals surface area contributed by atoms with Crippen LogP contribution in [0.3, 0.4) is 0 Å². The summed E-state index contributed by atoms with van der Waals surface area (Å²) >= 11 is 1.79. The fraction of sp³-hybridized carbons (Fsp3) is 0.500. The van der Waals surface area contributed by atoms with Crippen molar-refractivity contribution in [1.82, 2.24) is 15.2 Å². The van der Waals surface area contributed by atoms with Crippen LogP contribution in [0.15, 0.2) is 18.2 Å². The molecule has 1 saturated heterocycles. The second kappa shape index (κ2) is 6.18. The van der Waals surface area contributed by atoms with E-state index in [0.717, 1.165) is 36.7 Å². The number of aryl methyl sites for hydroxylation is 1. The van der Waals surface area contributed by atoms with Crippen molar-refractivity contribution in [3.8, 4) is 0 Å². The second-order valence-corrected chi connectivity index (χ2v) is 6.29. The van der Waals surface area contributed by atoms with E-state index in [0.29, 0.717) is 6.04 Å². The van der Waals surface area contributed by atoms with Crippen molar-refractivity contribution in [3.05, 3.63) is 28.8 Å². The fourth-order valence-electron chi connectivity index (χ4n) is 2.54. The summed E-state index contributed by atoms with van der Waals surface area (Å²) in [5.41, 5.74) is 2.54. The Bertz CT molecular complexity index is 555. The third-order valence-corrected chi connectivity index (χ3v) is 4.52. The van der Waals surface area contributed by atoms with Gasteiger partial charge in [0.25, 0.3) is 0 Å². The largest absolute Gasteiger partial charge is 0.314 e. The molecule has 1 N–H and O–H groups in total. The Balaban J connectivity index is 0.00000133. The second-order valence-electron chi connectivity index (χ2n) is 5.06. The lowest BCUT2D eigenvalue weighted by Gasteiger charge is -2.33. The van der Waals surface area contributed by atoms with Gasteiger partial charge in [-0.15, -0.1) is 23.7 Å². The van der Waals surface area contributed by atoms with Crippen molar-refractivity contribution in [2.24, 2.45) is 0 Å². The zero-order chi connectivity index (χ0) is 12.5. The maximum atomic E-state index is 4.51. The van der Waals surface area contributed by atoms with Gasteiger partial charge in [0.05, 0.1) is 15.2 Å². The van der Waals surface area contributed by atoms with Crippen molar-refractivity contribution in [2.75, 3.05) is 19.6 Å². The third kappa shape index (κ3) is 3.26. The summed E-state index contributed by atoms with van der Waals surface area (Å²) < 4.78 is 1.31. The average molecular weight is 298 g/mol. The lowest BCUT2D eigenvalue weighted by Crippen LogP contribution is -2.49. The molecule has 3 nitrogen and oxygen atoms in total. The van der Waals surface area contributed by atoms with Crippen LogP contribution >= 0.6 is 23.7 Å². The maximum absolute atomic E-state index is 4.51. The highest BCUT2D eigenvalue weighted by Gasteiger charge is 2.17. The van der Waals surface area contributed by atoms with Gasteiger partial charge in [-0.3, -0.25) is 4.90 Å². The molecular weight excluding hydrogens is 278 g/mol. The molecule has 1 atom stereocenters. The van der Waals surface area contributed by atoms with E-state index >= 15 is 0 Å². The van der Waals surface area contributed by atoms with Crippen LogP contribution in [0.4, 0.5) is 0 Å². The monoisotopic (exact) mass is 297 g/mol. The molecule has 2 aromatic rings. The number of nitrogens with one attached hydrogen (secondary N) is 1. The Hall–Kier alpha value is -0.680. The highest BCUT2D eigenvalue weighted by atomic mass is 35.5. The number of benzene rings is 1. The Kier molecular flexibility index (Phi) is 4.79. The standard InChI is InChI=1S/C14H19N3S.ClH/c1-10-8-15-5-6-17(10)9-12-3-4-13-14(7-12)18-11(2)16-13;/h3-4,7,10,15H,5-6,8-9H2,1-2H3;1H/t10-;/m0./s1. The molecule has 1 fully saturated rings. The molecule has 0 saturated carbocycles. The molecule has 2 heterocycles. The van der Waals surface area contributed by atoms with Gasteiger partial charge in [0.1, 0.15) is 0 Å². The number of aromatic nitrogens is 1. The molecule has 19 heavy (non-hydrogen) atoms. The van der Waals surface area contributed by atoms with Gasteiger partial charge in [0.2, 0.25) is 0 Å². The van der Waals surface area contributed by atoms with Gasteiger partial charge < -0.3 is 5.32 Å². The van der Waals surface area contributed by atoms with Crippen LogP contribution in [-0.2, 0) is 6.54 Å². The molecule has 1 aromatic carbocycles. The summed E-state index contributed by atoms with van der Waals surface area (Å²) in [4.78, 5) is 7.06. The zero-order valence-corrected chi connectivity index (χ0v) is 13.0. The first-order valence-corrected chi connectivity index (χ1v) is 7.35. The van der Waals surface area contributed by atoms with Crippen molar-refractivity contribution < 1.29 is 0 Å². The van der Waals surface area contributed by atoms with Crippen LogP contribution in [0.5, 0.6) is 0 Å². The summed E-state index contributed by atoms with van der Waals surface area (Å²) in [5, 5.41) is 4.58. The topological polar surface area (TPSA) is 28.2 Å². The predicted octanol–water partition coefficient (Wildman–Crippen LogP) is 2.82. The number of piperazine rings is 1. The lowest BCUT2D eigenvalue weighted by atomic mass is 10.1. The number of thiazole rings is 1. The van der Waals surface area contributed by atoms with E-state index in [1.165, 1.54) is 10.3 Å². The summed E-state index contributed by atoms with van der Waals surface area (Å²) in [6, 6.07) is 7.30. The quantitative estimate of drug-likeness (QED) is 0.924. The van der Waals surface area contributed by atoms with E-state index in [-0.39, 0.29) is 12.4 Å². The SMILES string of the molecule is Cc1nc2ccc(CN3CCNC[C@@H]3C)cc2s1.Cl. The lowest BCUT2D eigenvalue weighted by molar-refractivity contribution is 0.166. The van der Waals surface area contributed by atoms with Crippen molar-refractivity contribution in [1.29, 1.82) is 0 Å². The number of rotatable bonds is 2. The van der Waals surface area contributed by atoms with E-state index in [2.05, 4.69) is 47.2 Å². The normalized spacial score (nSPS) is 20.4. The molecule has 1 aliphatic heterocycles. The third-order valence-electron chi connectivity index (χ3n) is 3.58. The Labute approximate surface area is 124 Å². The Morgan fingerprint density at radius 2 is 2.32 bits per heavy atom. The zero-order valence-electron chi connectivity index (χ0n) is 11.3. The van der Waals surface area contributed by atoms with E-state index in [1.807, 2.05) is 0 Å². The summed E-state index contributed by atoms with van der Waals surface area (Å²) in [6.45, 7) is 8.76. The van der Waals surface area contributed by atoms with Crippen molar-refractivity contribution in [3.63, 3.8) is 0 Å². The number of fused-ring (bicyclic) bond motifs is 1. The van der Waals surface area contributed by atoms with Gasteiger partial charge in [-0.1, -0.05) is 6.07 Å². The van der Waals surface area contributed by atoms with Crippen LogP contribution in [0, 0.1) is 6.92 Å². The van der Waals surface area contributed by atoms with Gasteiger partial charge in [-0.25, -0.2) is 4.98 Å². The van der Waals surface area contributed by atoms with Crippen LogP contribution in [0.2, 0.25) is 0 Å². The smallest absolute Gasteiger partial charge is 0.0907 e. The molecule has 0 spiro atoms. The highest BCUT2D eigenvalue weighted by Crippen LogP contribution is 2.23. The summed E-state index contributed by atoms with van der Waals surface area (Å²) in [7, 11) is 0. The van der Waals surface area contributed by atoms with Crippen molar-refractivity contribution in [2.45, 2.75) is 26.4 Å². The first-order valence-electron chi connectivity index (χ1n) is 6.53. The molecule has 0 unspecified atom stereocenters. The van der Waals surface area contributed by atoms with E-state index in [4.69, 9.17) is 0 Å². The van der Waals surface area contributed by atoms with Crippen LogP contribution in [0.25, 0.3) is 10.2 Å². The minimum absolute atomic E-state index is 0. The molecule has 0 amide bonds. The number of halogens is 1. The van der Waals surface area contributed by atoms with E-state index in [1.54, 1.807) is 11.3 Å². The summed E-state index contributed by atoms with van der Waals surface area (Å²) in [6.07, 6.45) is 0. The predicted molar refractivity (Wildman–Crippen MR) is 84.3 cm³/mol. The molecule has 5 heteroatoms. The molecular formula is C14H20ClN3S. The van der Waals surface area contributed by atoms with Crippen molar-refractivity contribution >= 4 is 34.0 Å². The van der Waals surface area contributed by atoms with Gasteiger partial charge in [-0.2, -0.15) is 0 Å². The van der Waals surface area contributed by atoms with Crippen LogP contribution < -0.4 is 5.32 Å². The first kappa shape index (κ1) is 14.7. The Morgan fingerprint density at radius 3 is 3.11 bits per heavy atom. The molecule has 3 rings (SSSR count). The van der Waals surface area contributed by atoms with Gasteiger partial charge >= 0.3 is 0 Å². The van der Waals surface area contributed by atoms with Crippen LogP contribution in [-0.4, -0.2) is 35.6 Å². The minimum Gasteiger partial charge on any atom is -0.314 e. The molecule has 0 radical (unpaired) electrons. The van der Waals surface area contributed by atoms with Gasteiger partial charge in [-0.05, 0) is 31.5 Å². The Morgan fingerprint density at radius 1 is 1.47 bits per heavy atom. The minimum atomic E-state index is 0. The van der Waals surface area contributed by atoms with Crippen LogP contribution in [0.1, 0.15) is 17.5 Å². The number of hydrogen-bond donors (Lipinski definition) is 1. The average Bonchev–Trinajstić information content (AvgIpc) is 2.71. The fourth-order valence-corrected chi connectivity index (χ4v) is 3.43. The number of nitrogens with zero attached hydrogens (tertiary/aromatic N) is 2. The molecule has 104 valence electrons. The molecule has 1 aromatic heterocycles. The molecule has 1 aliphatic rings. The van der Waals surface area contributed by atoms with Gasteiger partial charge in [0, 0.05) is 32.2 Å². The first-order chi connectivity index (χ1) is 8.72. The van der Waals surface area contributed by atoms with E-state index < -0.39 is 0 Å². The van der Waals surface area contributed by atoms with E-state index in [9.17, 15) is 0 Å². The number of hydrogen-bond acceptors (Lipinski definition) is 4. The highest BCUT2D eigenvalue weighted by molar-refractivity contribution is 7.18. The maximum Gasteiger partial charge on any atom is 0.0907 e. The summed E-state index contributed by atoms with van der Waals surface area (Å²) in [5.74, 6) is 0. The van der Waals surface area contributed by atoms with Gasteiger partial charge in [0.15, 0.2) is 0 Å². The molecule has 0 aliphatic carbocycles.